The van der Waals surface area contributed by atoms with E-state index >= 15 is 0 Å². The smallest absolute Gasteiger partial charge is 0.340 e. The number of imidazole rings is 1. The Kier molecular flexibility index (Phi) is 2.85. The van der Waals surface area contributed by atoms with Crippen molar-refractivity contribution in [3.63, 3.8) is 0 Å². The number of fused-ring (bicyclic) bond motifs is 7. The Labute approximate surface area is 135 Å². The van der Waals surface area contributed by atoms with Crippen molar-refractivity contribution >= 4 is 27.3 Å². The minimum atomic E-state index is 0. The van der Waals surface area contributed by atoms with Crippen molar-refractivity contribution in [2.75, 3.05) is 0 Å². The van der Waals surface area contributed by atoms with Crippen LogP contribution in [0.3, 0.4) is 0 Å². The van der Waals surface area contributed by atoms with Crippen LogP contribution >= 0.6 is 0 Å². The van der Waals surface area contributed by atoms with Gasteiger partial charge < -0.3 is 4.40 Å². The van der Waals surface area contributed by atoms with Crippen LogP contribution in [-0.2, 0) is 12.8 Å². The zero-order valence-electron chi connectivity index (χ0n) is 12.1. The van der Waals surface area contributed by atoms with Crippen molar-refractivity contribution in [3.8, 4) is 0 Å². The Morgan fingerprint density at radius 3 is 2.86 bits per heavy atom. The van der Waals surface area contributed by atoms with Crippen molar-refractivity contribution < 1.29 is 18.9 Å². The van der Waals surface area contributed by atoms with Crippen LogP contribution in [0.1, 0.15) is 17.5 Å². The number of hydrogen-bond acceptors (Lipinski definition) is 1. The predicted molar refractivity (Wildman–Crippen MR) is 81.1 cm³/mol. The van der Waals surface area contributed by atoms with Crippen molar-refractivity contribution in [3.05, 3.63) is 59.9 Å². The molecule has 4 aromatic rings. The van der Waals surface area contributed by atoms with Gasteiger partial charge in [0.15, 0.2) is 0 Å². The normalized spacial score (nSPS) is 13.7. The molecule has 0 spiro atoms. The van der Waals surface area contributed by atoms with E-state index in [0.29, 0.717) is 0 Å². The molecule has 0 fully saturated rings. The fourth-order valence-corrected chi connectivity index (χ4v) is 3.56. The van der Waals surface area contributed by atoms with Gasteiger partial charge in [-0.25, -0.2) is 0 Å². The average molecular weight is 264 g/mol. The zero-order valence-corrected chi connectivity index (χ0v) is 12.1. The molecular formula is C18H13LiN2. The molecule has 0 N–H and O–H groups in total. The Balaban J connectivity index is 0.00000115. The van der Waals surface area contributed by atoms with Gasteiger partial charge in [0.25, 0.3) is 0 Å². The van der Waals surface area contributed by atoms with Crippen LogP contribution in [-0.4, -0.2) is 9.38 Å². The summed E-state index contributed by atoms with van der Waals surface area (Å²) in [6.07, 6.45) is 7.63. The molecule has 0 atom stereocenters. The molecule has 0 saturated heterocycles. The summed E-state index contributed by atoms with van der Waals surface area (Å²) >= 11 is 0. The Morgan fingerprint density at radius 2 is 1.95 bits per heavy atom. The van der Waals surface area contributed by atoms with Gasteiger partial charge in [-0.1, -0.05) is 11.5 Å². The second-order valence-corrected chi connectivity index (χ2v) is 5.57. The molecule has 1 aliphatic rings. The first-order valence-electron chi connectivity index (χ1n) is 7.13. The van der Waals surface area contributed by atoms with Crippen LogP contribution in [0.4, 0.5) is 0 Å². The summed E-state index contributed by atoms with van der Waals surface area (Å²) in [7, 11) is 0. The number of aryl methyl sites for hydroxylation is 2. The SMILES string of the molecule is [Li+].[c-]1cccc2c1c1nccn1c1cc3c(cc21)CCC3. The fraction of sp³-hybridized carbons (Fsp3) is 0.167. The minimum Gasteiger partial charge on any atom is -0.340 e. The average Bonchev–Trinajstić information content (AvgIpc) is 3.14. The maximum absolute atomic E-state index is 4.52. The number of hydrogen-bond donors (Lipinski definition) is 0. The molecule has 2 heterocycles. The largest absolute Gasteiger partial charge is 1.00 e. The maximum Gasteiger partial charge on any atom is 1.00 e. The first kappa shape index (κ1) is 12.9. The number of pyridine rings is 1. The summed E-state index contributed by atoms with van der Waals surface area (Å²) in [4.78, 5) is 4.52. The van der Waals surface area contributed by atoms with Crippen LogP contribution < -0.4 is 18.9 Å². The molecule has 5 rings (SSSR count). The molecule has 96 valence electrons. The summed E-state index contributed by atoms with van der Waals surface area (Å²) < 4.78 is 2.20. The Morgan fingerprint density at radius 1 is 1.10 bits per heavy atom. The van der Waals surface area contributed by atoms with Gasteiger partial charge in [-0.2, -0.15) is 0 Å². The van der Waals surface area contributed by atoms with Crippen LogP contribution in [0.15, 0.2) is 42.7 Å². The molecule has 0 unspecified atom stereocenters. The van der Waals surface area contributed by atoms with Crippen LogP contribution in [0.5, 0.6) is 0 Å². The monoisotopic (exact) mass is 264 g/mol. The second-order valence-electron chi connectivity index (χ2n) is 5.57. The van der Waals surface area contributed by atoms with Crippen molar-refractivity contribution in [1.82, 2.24) is 9.38 Å². The summed E-state index contributed by atoms with van der Waals surface area (Å²) in [6, 6.07) is 14.3. The van der Waals surface area contributed by atoms with Crippen molar-refractivity contribution in [2.24, 2.45) is 0 Å². The molecule has 0 amide bonds. The van der Waals surface area contributed by atoms with Gasteiger partial charge in [-0.3, -0.25) is 4.98 Å². The van der Waals surface area contributed by atoms with E-state index in [1.54, 1.807) is 0 Å². The van der Waals surface area contributed by atoms with E-state index in [0.717, 1.165) is 11.0 Å². The molecule has 0 bridgehead atoms. The fourth-order valence-electron chi connectivity index (χ4n) is 3.56. The summed E-state index contributed by atoms with van der Waals surface area (Å²) in [5.74, 6) is 0. The molecule has 3 heteroatoms. The number of benzene rings is 2. The number of rotatable bonds is 0. The summed E-state index contributed by atoms with van der Waals surface area (Å²) in [6.45, 7) is 0. The van der Waals surface area contributed by atoms with Crippen LogP contribution in [0.2, 0.25) is 0 Å². The van der Waals surface area contributed by atoms with Gasteiger partial charge in [0.2, 0.25) is 0 Å². The van der Waals surface area contributed by atoms with Crippen molar-refractivity contribution in [1.29, 1.82) is 0 Å². The van der Waals surface area contributed by atoms with E-state index in [1.165, 1.54) is 46.7 Å². The van der Waals surface area contributed by atoms with Gasteiger partial charge in [0.05, 0.1) is 5.65 Å². The molecule has 2 aromatic carbocycles. The number of nitrogens with zero attached hydrogens (tertiary/aromatic N) is 2. The summed E-state index contributed by atoms with van der Waals surface area (Å²) in [5, 5.41) is 3.70. The van der Waals surface area contributed by atoms with Gasteiger partial charge >= 0.3 is 18.9 Å². The standard InChI is InChI=1S/C18H13N2.Li/c1-2-7-15-14(6-1)16-10-12-4-3-5-13(12)11-17(16)20-9-8-19-18(15)20;/h1-2,6,8-11H,3-5H2;/q-1;+1. The molecule has 1 aliphatic carbocycles. The first-order chi connectivity index (χ1) is 9.92. The predicted octanol–water partition coefficient (Wildman–Crippen LogP) is 0.934. The molecule has 0 saturated carbocycles. The molecule has 2 aromatic heterocycles. The van der Waals surface area contributed by atoms with Gasteiger partial charge in [0.1, 0.15) is 0 Å². The van der Waals surface area contributed by atoms with Crippen LogP contribution in [0.25, 0.3) is 27.3 Å². The second kappa shape index (κ2) is 4.63. The third-order valence-electron chi connectivity index (χ3n) is 4.48. The minimum absolute atomic E-state index is 0. The molecular weight excluding hydrogens is 251 g/mol. The van der Waals surface area contributed by atoms with Crippen molar-refractivity contribution in [2.45, 2.75) is 19.3 Å². The van der Waals surface area contributed by atoms with E-state index in [4.69, 9.17) is 0 Å². The van der Waals surface area contributed by atoms with Crippen LogP contribution in [0, 0.1) is 6.07 Å². The van der Waals surface area contributed by atoms with E-state index < -0.39 is 0 Å². The first-order valence-corrected chi connectivity index (χ1v) is 7.13. The third-order valence-corrected chi connectivity index (χ3v) is 4.48. The molecule has 0 aliphatic heterocycles. The van der Waals surface area contributed by atoms with Gasteiger partial charge in [0, 0.05) is 17.9 Å². The zero-order chi connectivity index (χ0) is 13.1. The quantitative estimate of drug-likeness (QED) is 0.262. The molecule has 0 radical (unpaired) electrons. The number of aromatic nitrogens is 2. The molecule has 21 heavy (non-hydrogen) atoms. The third kappa shape index (κ3) is 1.70. The van der Waals surface area contributed by atoms with E-state index in [2.05, 4.69) is 45.9 Å². The van der Waals surface area contributed by atoms with Gasteiger partial charge in [-0.15, -0.1) is 29.7 Å². The Bertz CT molecular complexity index is 985. The van der Waals surface area contributed by atoms with E-state index in [1.807, 2.05) is 12.3 Å². The Hall–Kier alpha value is -1.75. The van der Waals surface area contributed by atoms with Gasteiger partial charge in [-0.05, 0) is 41.8 Å². The van der Waals surface area contributed by atoms with E-state index in [9.17, 15) is 0 Å². The topological polar surface area (TPSA) is 17.3 Å². The maximum atomic E-state index is 4.52. The van der Waals surface area contributed by atoms with E-state index in [-0.39, 0.29) is 18.9 Å². The summed E-state index contributed by atoms with van der Waals surface area (Å²) in [5.41, 5.74) is 5.30. The molecule has 2 nitrogen and oxygen atoms in total.